The van der Waals surface area contributed by atoms with E-state index in [4.69, 9.17) is 15.1 Å². The second-order valence-corrected chi connectivity index (χ2v) is 4.67. The predicted octanol–water partition coefficient (Wildman–Crippen LogP) is 1.63. The van der Waals surface area contributed by atoms with Crippen LogP contribution in [0.1, 0.15) is 18.4 Å². The lowest BCUT2D eigenvalue weighted by molar-refractivity contribution is -0.149. The summed E-state index contributed by atoms with van der Waals surface area (Å²) in [4.78, 5) is 12.8. The molecule has 0 radical (unpaired) electrons. The van der Waals surface area contributed by atoms with Gasteiger partial charge in [0.1, 0.15) is 6.07 Å². The molecule has 1 aliphatic heterocycles. The van der Waals surface area contributed by atoms with E-state index in [0.29, 0.717) is 18.5 Å². The molecule has 0 saturated carbocycles. The van der Waals surface area contributed by atoms with Gasteiger partial charge in [0.2, 0.25) is 0 Å². The first-order valence-corrected chi connectivity index (χ1v) is 6.20. The fourth-order valence-corrected chi connectivity index (χ4v) is 2.33. The minimum Gasteiger partial charge on any atom is -0.479 e. The molecule has 0 aliphatic carbocycles. The van der Waals surface area contributed by atoms with Crippen molar-refractivity contribution in [2.45, 2.75) is 25.0 Å². The van der Waals surface area contributed by atoms with Gasteiger partial charge in [0, 0.05) is 13.6 Å². The van der Waals surface area contributed by atoms with Crippen LogP contribution in [0.5, 0.6) is 0 Å². The first-order chi connectivity index (χ1) is 9.11. The Balaban J connectivity index is 2.00. The van der Waals surface area contributed by atoms with E-state index in [1.54, 1.807) is 6.07 Å². The van der Waals surface area contributed by atoms with Crippen LogP contribution in [-0.2, 0) is 9.53 Å². The number of hydrogen-bond acceptors (Lipinski definition) is 4. The van der Waals surface area contributed by atoms with Crippen LogP contribution in [0, 0.1) is 11.3 Å². The van der Waals surface area contributed by atoms with Crippen LogP contribution in [0.25, 0.3) is 0 Å². The number of anilines is 1. The molecule has 5 nitrogen and oxygen atoms in total. The van der Waals surface area contributed by atoms with Gasteiger partial charge in [0.15, 0.2) is 6.10 Å². The number of hydrogen-bond donors (Lipinski definition) is 1. The fraction of sp³-hybridized carbons (Fsp3) is 0.429. The number of carbonyl (C=O) groups is 1. The van der Waals surface area contributed by atoms with E-state index in [1.165, 1.54) is 0 Å². The highest BCUT2D eigenvalue weighted by molar-refractivity contribution is 5.72. The Kier molecular flexibility index (Phi) is 4.03. The highest BCUT2D eigenvalue weighted by atomic mass is 16.5. The Morgan fingerprint density at radius 2 is 2.26 bits per heavy atom. The third-order valence-electron chi connectivity index (χ3n) is 3.30. The Morgan fingerprint density at radius 1 is 1.53 bits per heavy atom. The number of benzene rings is 1. The van der Waals surface area contributed by atoms with Gasteiger partial charge in [-0.3, -0.25) is 0 Å². The first-order valence-electron chi connectivity index (χ1n) is 6.20. The summed E-state index contributed by atoms with van der Waals surface area (Å²) in [6.45, 7) is 0.586. The predicted molar refractivity (Wildman–Crippen MR) is 70.0 cm³/mol. The molecule has 1 aromatic rings. The third kappa shape index (κ3) is 3.04. The molecule has 1 fully saturated rings. The molecular weight excluding hydrogens is 244 g/mol. The molecule has 0 aromatic heterocycles. The average molecular weight is 260 g/mol. The van der Waals surface area contributed by atoms with E-state index < -0.39 is 12.1 Å². The standard InChI is InChI=1S/C14H16N2O3/c1-16(12-5-3-2-4-10(12)8-15)9-11-6-7-13(19-11)14(17)18/h2-5,11,13H,6-7,9H2,1H3,(H,17,18). The highest BCUT2D eigenvalue weighted by Crippen LogP contribution is 2.24. The molecule has 1 saturated heterocycles. The van der Waals surface area contributed by atoms with Crippen LogP contribution in [0.3, 0.4) is 0 Å². The quantitative estimate of drug-likeness (QED) is 0.890. The molecule has 1 aromatic carbocycles. The topological polar surface area (TPSA) is 73.6 Å². The number of para-hydroxylation sites is 1. The van der Waals surface area contributed by atoms with Crippen molar-refractivity contribution in [3.8, 4) is 6.07 Å². The van der Waals surface area contributed by atoms with Crippen molar-refractivity contribution in [2.24, 2.45) is 0 Å². The molecule has 2 atom stereocenters. The zero-order chi connectivity index (χ0) is 13.8. The van der Waals surface area contributed by atoms with Crippen molar-refractivity contribution in [1.82, 2.24) is 0 Å². The smallest absolute Gasteiger partial charge is 0.332 e. The Hall–Kier alpha value is -2.06. The summed E-state index contributed by atoms with van der Waals surface area (Å²) >= 11 is 0. The minimum absolute atomic E-state index is 0.0992. The van der Waals surface area contributed by atoms with E-state index in [2.05, 4.69) is 6.07 Å². The van der Waals surface area contributed by atoms with Crippen LogP contribution in [0.4, 0.5) is 5.69 Å². The molecule has 0 spiro atoms. The Morgan fingerprint density at radius 3 is 2.89 bits per heavy atom. The van der Waals surface area contributed by atoms with Gasteiger partial charge in [0.25, 0.3) is 0 Å². The lowest BCUT2D eigenvalue weighted by Crippen LogP contribution is -2.31. The monoisotopic (exact) mass is 260 g/mol. The van der Waals surface area contributed by atoms with Gasteiger partial charge in [-0.2, -0.15) is 5.26 Å². The summed E-state index contributed by atoms with van der Waals surface area (Å²) in [5.41, 5.74) is 1.45. The van der Waals surface area contributed by atoms with Crippen LogP contribution >= 0.6 is 0 Å². The molecule has 19 heavy (non-hydrogen) atoms. The zero-order valence-corrected chi connectivity index (χ0v) is 10.7. The number of likely N-dealkylation sites (N-methyl/N-ethyl adjacent to an activating group) is 1. The maximum absolute atomic E-state index is 10.8. The van der Waals surface area contributed by atoms with Crippen LogP contribution in [0.2, 0.25) is 0 Å². The van der Waals surface area contributed by atoms with Crippen molar-refractivity contribution < 1.29 is 14.6 Å². The van der Waals surface area contributed by atoms with Gasteiger partial charge in [0.05, 0.1) is 17.4 Å². The minimum atomic E-state index is -0.900. The molecule has 1 aliphatic rings. The van der Waals surface area contributed by atoms with Crippen molar-refractivity contribution in [1.29, 1.82) is 5.26 Å². The largest absolute Gasteiger partial charge is 0.479 e. The van der Waals surface area contributed by atoms with Crippen LogP contribution in [-0.4, -0.2) is 36.9 Å². The number of rotatable bonds is 4. The highest BCUT2D eigenvalue weighted by Gasteiger charge is 2.31. The summed E-state index contributed by atoms with van der Waals surface area (Å²) in [5, 5.41) is 17.9. The molecule has 5 heteroatoms. The molecule has 100 valence electrons. The van der Waals surface area contributed by atoms with Gasteiger partial charge in [-0.05, 0) is 25.0 Å². The van der Waals surface area contributed by atoms with E-state index in [9.17, 15) is 4.79 Å². The van der Waals surface area contributed by atoms with Crippen LogP contribution in [0.15, 0.2) is 24.3 Å². The summed E-state index contributed by atoms with van der Waals surface area (Å²) in [6.07, 6.45) is 0.492. The fourth-order valence-electron chi connectivity index (χ4n) is 2.33. The van der Waals surface area contributed by atoms with Crippen molar-refractivity contribution in [3.05, 3.63) is 29.8 Å². The maximum atomic E-state index is 10.8. The summed E-state index contributed by atoms with van der Waals surface area (Å²) in [6, 6.07) is 9.49. The lowest BCUT2D eigenvalue weighted by atomic mass is 10.1. The van der Waals surface area contributed by atoms with E-state index in [1.807, 2.05) is 30.1 Å². The zero-order valence-electron chi connectivity index (χ0n) is 10.7. The second-order valence-electron chi connectivity index (χ2n) is 4.67. The van der Waals surface area contributed by atoms with E-state index >= 15 is 0 Å². The lowest BCUT2D eigenvalue weighted by Gasteiger charge is -2.23. The number of nitrogens with zero attached hydrogens (tertiary/aromatic N) is 2. The van der Waals surface area contributed by atoms with Gasteiger partial charge in [-0.15, -0.1) is 0 Å². The first kappa shape index (κ1) is 13.4. The number of aliphatic carboxylic acids is 1. The van der Waals surface area contributed by atoms with E-state index in [0.717, 1.165) is 12.1 Å². The molecule has 2 unspecified atom stereocenters. The number of ether oxygens (including phenoxy) is 1. The van der Waals surface area contributed by atoms with Crippen molar-refractivity contribution in [3.63, 3.8) is 0 Å². The summed E-state index contributed by atoms with van der Waals surface area (Å²) in [5.74, 6) is -0.900. The van der Waals surface area contributed by atoms with E-state index in [-0.39, 0.29) is 6.10 Å². The van der Waals surface area contributed by atoms with Gasteiger partial charge in [-0.25, -0.2) is 4.79 Å². The van der Waals surface area contributed by atoms with Gasteiger partial charge < -0.3 is 14.7 Å². The van der Waals surface area contributed by atoms with Crippen molar-refractivity contribution in [2.75, 3.05) is 18.5 Å². The van der Waals surface area contributed by atoms with Gasteiger partial charge in [-0.1, -0.05) is 12.1 Å². The van der Waals surface area contributed by atoms with Crippen molar-refractivity contribution >= 4 is 11.7 Å². The average Bonchev–Trinajstić information content (AvgIpc) is 2.87. The third-order valence-corrected chi connectivity index (χ3v) is 3.30. The molecular formula is C14H16N2O3. The van der Waals surface area contributed by atoms with Gasteiger partial charge >= 0.3 is 5.97 Å². The van der Waals surface area contributed by atoms with Crippen LogP contribution < -0.4 is 4.90 Å². The molecule has 1 heterocycles. The SMILES string of the molecule is CN(CC1CCC(C(=O)O)O1)c1ccccc1C#N. The normalized spacial score (nSPS) is 21.9. The molecule has 0 bridgehead atoms. The number of nitriles is 1. The Bertz CT molecular complexity index is 510. The Labute approximate surface area is 112 Å². The summed E-state index contributed by atoms with van der Waals surface area (Å²) in [7, 11) is 1.88. The molecule has 0 amide bonds. The molecule has 2 rings (SSSR count). The maximum Gasteiger partial charge on any atom is 0.332 e. The second kappa shape index (κ2) is 5.72. The number of carboxylic acids is 1. The number of carboxylic acid groups (broad SMARTS) is 1. The summed E-state index contributed by atoms with van der Waals surface area (Å²) < 4.78 is 5.46. The molecule has 1 N–H and O–H groups in total.